The third-order valence-electron chi connectivity index (χ3n) is 3.34. The summed E-state index contributed by atoms with van der Waals surface area (Å²) in [5.41, 5.74) is -0.612. The van der Waals surface area contributed by atoms with E-state index in [1.54, 1.807) is 27.7 Å². The van der Waals surface area contributed by atoms with Gasteiger partial charge in [-0.25, -0.2) is 9.59 Å². The summed E-state index contributed by atoms with van der Waals surface area (Å²) in [4.78, 5) is 24.2. The summed E-state index contributed by atoms with van der Waals surface area (Å²) in [6, 6.07) is 0. The molecule has 0 radical (unpaired) electrons. The highest BCUT2D eigenvalue weighted by Gasteiger charge is 2.39. The second kappa shape index (κ2) is 7.47. The number of nitrogens with one attached hydrogen (secondary N) is 1. The Kier molecular flexibility index (Phi) is 6.50. The summed E-state index contributed by atoms with van der Waals surface area (Å²) >= 11 is 3.30. The van der Waals surface area contributed by atoms with Gasteiger partial charge < -0.3 is 9.47 Å². The molecule has 1 amide bonds. The molecule has 0 saturated heterocycles. The number of ether oxygens (including phenoxy) is 2. The van der Waals surface area contributed by atoms with Gasteiger partial charge in [-0.1, -0.05) is 13.3 Å². The Hall–Kier alpha value is -0.780. The van der Waals surface area contributed by atoms with Gasteiger partial charge in [0.25, 0.3) is 0 Å². The zero-order valence-corrected chi connectivity index (χ0v) is 14.9. The lowest BCUT2D eigenvalue weighted by molar-refractivity contribution is -0.154. The van der Waals surface area contributed by atoms with Crippen LogP contribution >= 0.6 is 15.9 Å². The third-order valence-corrected chi connectivity index (χ3v) is 4.42. The number of halogens is 1. The van der Waals surface area contributed by atoms with Gasteiger partial charge in [0.2, 0.25) is 0 Å². The van der Waals surface area contributed by atoms with E-state index in [1.165, 1.54) is 6.42 Å². The Balaban J connectivity index is 2.60. The average molecular weight is 364 g/mol. The van der Waals surface area contributed by atoms with Crippen LogP contribution in [-0.4, -0.2) is 28.2 Å². The number of amides is 1. The van der Waals surface area contributed by atoms with Gasteiger partial charge >= 0.3 is 12.1 Å². The molecule has 1 saturated carbocycles. The standard InChI is InChI=1S/C15H26BrNO4/c1-5-15(16,17-13(19)21-14(2,3)4)12(18)20-11-9-7-6-8-10-11/h11H,5-10H2,1-4H3,(H,17,19). The number of carbonyl (C=O) groups is 2. The first-order valence-corrected chi connectivity index (χ1v) is 8.37. The molecule has 6 heteroatoms. The Morgan fingerprint density at radius 1 is 1.19 bits per heavy atom. The fraction of sp³-hybridized carbons (Fsp3) is 0.867. The second-order valence-corrected chi connectivity index (χ2v) is 7.80. The van der Waals surface area contributed by atoms with Gasteiger partial charge in [-0.3, -0.25) is 5.32 Å². The Morgan fingerprint density at radius 2 is 1.76 bits per heavy atom. The van der Waals surface area contributed by atoms with Crippen LogP contribution in [0.3, 0.4) is 0 Å². The van der Waals surface area contributed by atoms with Gasteiger partial charge in [-0.05, 0) is 68.8 Å². The van der Waals surface area contributed by atoms with Crippen LogP contribution in [0.25, 0.3) is 0 Å². The number of rotatable bonds is 4. The van der Waals surface area contributed by atoms with Crippen LogP contribution in [0.1, 0.15) is 66.2 Å². The molecule has 1 atom stereocenters. The first kappa shape index (κ1) is 18.3. The van der Waals surface area contributed by atoms with E-state index >= 15 is 0 Å². The summed E-state index contributed by atoms with van der Waals surface area (Å²) in [6.45, 7) is 7.12. The van der Waals surface area contributed by atoms with E-state index in [1.807, 2.05) is 0 Å². The topological polar surface area (TPSA) is 64.6 Å². The van der Waals surface area contributed by atoms with Crippen molar-refractivity contribution >= 4 is 28.0 Å². The van der Waals surface area contributed by atoms with Crippen LogP contribution in [0, 0.1) is 0 Å². The number of hydrogen-bond acceptors (Lipinski definition) is 4. The van der Waals surface area contributed by atoms with Crippen LogP contribution in [0.2, 0.25) is 0 Å². The van der Waals surface area contributed by atoms with Gasteiger partial charge in [0.05, 0.1) is 0 Å². The molecule has 1 aliphatic carbocycles. The Morgan fingerprint density at radius 3 is 2.24 bits per heavy atom. The van der Waals surface area contributed by atoms with E-state index in [0.717, 1.165) is 25.7 Å². The molecule has 0 aromatic heterocycles. The molecular formula is C15H26BrNO4. The summed E-state index contributed by atoms with van der Waals surface area (Å²) in [7, 11) is 0. The van der Waals surface area contributed by atoms with Crippen molar-refractivity contribution < 1.29 is 19.1 Å². The Labute approximate surface area is 135 Å². The van der Waals surface area contributed by atoms with Crippen LogP contribution < -0.4 is 5.32 Å². The fourth-order valence-electron chi connectivity index (χ4n) is 2.18. The molecule has 1 aliphatic rings. The van der Waals surface area contributed by atoms with Crippen molar-refractivity contribution in [3.8, 4) is 0 Å². The van der Waals surface area contributed by atoms with Gasteiger partial charge in [0.15, 0.2) is 4.45 Å². The van der Waals surface area contributed by atoms with Crippen molar-refractivity contribution in [2.24, 2.45) is 0 Å². The molecule has 21 heavy (non-hydrogen) atoms. The molecule has 1 unspecified atom stereocenters. The minimum Gasteiger partial charge on any atom is -0.460 e. The van der Waals surface area contributed by atoms with Gasteiger partial charge in [-0.15, -0.1) is 0 Å². The first-order chi connectivity index (χ1) is 9.66. The highest BCUT2D eigenvalue weighted by molar-refractivity contribution is 9.10. The molecule has 5 nitrogen and oxygen atoms in total. The largest absolute Gasteiger partial charge is 0.460 e. The summed E-state index contributed by atoms with van der Waals surface area (Å²) in [6.07, 6.45) is 4.83. The molecule has 122 valence electrons. The molecule has 0 aromatic carbocycles. The first-order valence-electron chi connectivity index (χ1n) is 7.57. The lowest BCUT2D eigenvalue weighted by atomic mass is 9.98. The zero-order valence-electron chi connectivity index (χ0n) is 13.3. The van der Waals surface area contributed by atoms with Gasteiger partial charge in [0.1, 0.15) is 11.7 Å². The molecule has 0 bridgehead atoms. The number of esters is 1. The van der Waals surface area contributed by atoms with Crippen molar-refractivity contribution in [1.29, 1.82) is 0 Å². The SMILES string of the molecule is CCC(Br)(NC(=O)OC(C)(C)C)C(=O)OC1CCCCC1. The van der Waals surface area contributed by atoms with Crippen molar-refractivity contribution in [2.75, 3.05) is 0 Å². The van der Waals surface area contributed by atoms with E-state index in [4.69, 9.17) is 9.47 Å². The molecule has 1 rings (SSSR count). The van der Waals surface area contributed by atoms with Crippen molar-refractivity contribution in [1.82, 2.24) is 5.32 Å². The molecule has 1 N–H and O–H groups in total. The number of alkyl halides is 1. The predicted octanol–water partition coefficient (Wildman–Crippen LogP) is 3.89. The van der Waals surface area contributed by atoms with Crippen LogP contribution in [0.4, 0.5) is 4.79 Å². The van der Waals surface area contributed by atoms with Crippen molar-refractivity contribution in [2.45, 2.75) is 82.4 Å². The van der Waals surface area contributed by atoms with E-state index in [0.29, 0.717) is 6.42 Å². The molecule has 0 aliphatic heterocycles. The van der Waals surface area contributed by atoms with E-state index < -0.39 is 22.1 Å². The maximum atomic E-state index is 12.3. The number of alkyl carbamates (subject to hydrolysis) is 1. The smallest absolute Gasteiger partial charge is 0.409 e. The molecule has 1 fully saturated rings. The monoisotopic (exact) mass is 363 g/mol. The minimum absolute atomic E-state index is 0.0461. The minimum atomic E-state index is -1.23. The maximum Gasteiger partial charge on any atom is 0.409 e. The summed E-state index contributed by atoms with van der Waals surface area (Å²) in [5, 5.41) is 2.57. The van der Waals surface area contributed by atoms with E-state index in [2.05, 4.69) is 21.2 Å². The highest BCUT2D eigenvalue weighted by atomic mass is 79.9. The van der Waals surface area contributed by atoms with Crippen LogP contribution in [-0.2, 0) is 14.3 Å². The number of hydrogen-bond donors (Lipinski definition) is 1. The van der Waals surface area contributed by atoms with Crippen molar-refractivity contribution in [3.63, 3.8) is 0 Å². The number of carbonyl (C=O) groups excluding carboxylic acids is 2. The van der Waals surface area contributed by atoms with Crippen LogP contribution in [0.5, 0.6) is 0 Å². The molecule has 0 aromatic rings. The lowest BCUT2D eigenvalue weighted by Crippen LogP contribution is -2.52. The summed E-state index contributed by atoms with van der Waals surface area (Å²) < 4.78 is 9.48. The average Bonchev–Trinajstić information content (AvgIpc) is 2.37. The van der Waals surface area contributed by atoms with Crippen molar-refractivity contribution in [3.05, 3.63) is 0 Å². The van der Waals surface area contributed by atoms with Gasteiger partial charge in [0, 0.05) is 0 Å². The highest BCUT2D eigenvalue weighted by Crippen LogP contribution is 2.26. The zero-order chi connectivity index (χ0) is 16.1. The summed E-state index contributed by atoms with van der Waals surface area (Å²) in [5.74, 6) is -0.456. The third kappa shape index (κ3) is 6.24. The quantitative estimate of drug-likeness (QED) is 0.467. The second-order valence-electron chi connectivity index (χ2n) is 6.45. The fourth-order valence-corrected chi connectivity index (χ4v) is 2.43. The van der Waals surface area contributed by atoms with E-state index in [9.17, 15) is 9.59 Å². The molecule has 0 spiro atoms. The Bertz CT molecular complexity index is 374. The lowest BCUT2D eigenvalue weighted by Gasteiger charge is -2.30. The normalized spacial score (nSPS) is 19.5. The predicted molar refractivity (Wildman–Crippen MR) is 84.3 cm³/mol. The molecule has 0 heterocycles. The maximum absolute atomic E-state index is 12.3. The van der Waals surface area contributed by atoms with Crippen LogP contribution in [0.15, 0.2) is 0 Å². The van der Waals surface area contributed by atoms with Gasteiger partial charge in [-0.2, -0.15) is 0 Å². The molecular weight excluding hydrogens is 338 g/mol. The van der Waals surface area contributed by atoms with E-state index in [-0.39, 0.29) is 6.10 Å².